The number of nitrogens with zero attached hydrogens (tertiary/aromatic N) is 4. The highest BCUT2D eigenvalue weighted by Gasteiger charge is 2.17. The van der Waals surface area contributed by atoms with Crippen LogP contribution < -0.4 is 10.2 Å². The van der Waals surface area contributed by atoms with E-state index in [0.717, 1.165) is 36.0 Å². The second-order valence-corrected chi connectivity index (χ2v) is 7.25. The van der Waals surface area contributed by atoms with Gasteiger partial charge in [-0.15, -0.1) is 0 Å². The molecule has 1 fully saturated rings. The maximum atomic E-state index is 12.3. The summed E-state index contributed by atoms with van der Waals surface area (Å²) in [4.78, 5) is 28.1. The molecule has 6 heteroatoms. The number of aromatic nitrogens is 3. The van der Waals surface area contributed by atoms with Gasteiger partial charge in [-0.25, -0.2) is 9.97 Å². The number of hydrogen-bond donors (Lipinski definition) is 1. The molecule has 3 heterocycles. The summed E-state index contributed by atoms with van der Waals surface area (Å²) in [7, 11) is 0. The molecule has 1 aliphatic heterocycles. The number of aryl methyl sites for hydroxylation is 1. The van der Waals surface area contributed by atoms with Gasteiger partial charge in [0.05, 0.1) is 12.5 Å². The van der Waals surface area contributed by atoms with Crippen LogP contribution in [0.4, 0.5) is 5.95 Å². The molecule has 1 atom stereocenters. The van der Waals surface area contributed by atoms with E-state index in [0.29, 0.717) is 0 Å². The normalized spacial score (nSPS) is 16.3. The van der Waals surface area contributed by atoms with Crippen molar-refractivity contribution in [2.45, 2.75) is 58.4 Å². The summed E-state index contributed by atoms with van der Waals surface area (Å²) in [6, 6.07) is 5.46. The van der Waals surface area contributed by atoms with Gasteiger partial charge < -0.3 is 10.2 Å². The molecule has 0 spiro atoms. The highest BCUT2D eigenvalue weighted by atomic mass is 16.1. The zero-order valence-corrected chi connectivity index (χ0v) is 16.3. The van der Waals surface area contributed by atoms with Crippen molar-refractivity contribution in [2.75, 3.05) is 18.0 Å². The van der Waals surface area contributed by atoms with Gasteiger partial charge in [0, 0.05) is 42.4 Å². The molecule has 1 aliphatic rings. The molecule has 6 nitrogen and oxygen atoms in total. The molecular formula is C21H29N5O. The summed E-state index contributed by atoms with van der Waals surface area (Å²) in [5.74, 6) is 0.763. The number of pyridine rings is 1. The third-order valence-electron chi connectivity index (χ3n) is 5.06. The molecule has 0 radical (unpaired) electrons. The molecule has 0 saturated carbocycles. The maximum absolute atomic E-state index is 12.3. The lowest BCUT2D eigenvalue weighted by Gasteiger charge is -2.25. The first kappa shape index (κ1) is 19.3. The van der Waals surface area contributed by atoms with Crippen LogP contribution in [0.25, 0.3) is 0 Å². The van der Waals surface area contributed by atoms with Crippen LogP contribution in [-0.2, 0) is 11.2 Å². The fourth-order valence-electron chi connectivity index (χ4n) is 3.53. The molecule has 1 saturated heterocycles. The van der Waals surface area contributed by atoms with Crippen LogP contribution in [0, 0.1) is 6.92 Å². The number of carbonyl (C=O) groups excluding carboxylic acids is 1. The van der Waals surface area contributed by atoms with Gasteiger partial charge >= 0.3 is 0 Å². The SMILES string of the molecule is Cc1nc(N2CCCCCCC2)ncc1[C@@H](C)NC(=O)Cc1ccccn1. The Kier molecular flexibility index (Phi) is 6.74. The molecule has 3 rings (SSSR count). The molecule has 0 bridgehead atoms. The van der Waals surface area contributed by atoms with E-state index in [2.05, 4.69) is 20.2 Å². The van der Waals surface area contributed by atoms with Crippen molar-refractivity contribution in [3.05, 3.63) is 47.5 Å². The highest BCUT2D eigenvalue weighted by molar-refractivity contribution is 5.78. The van der Waals surface area contributed by atoms with E-state index in [1.807, 2.05) is 38.2 Å². The van der Waals surface area contributed by atoms with Gasteiger partial charge in [0.2, 0.25) is 11.9 Å². The first-order valence-electron chi connectivity index (χ1n) is 9.91. The molecule has 2 aromatic heterocycles. The molecule has 144 valence electrons. The number of amides is 1. The topological polar surface area (TPSA) is 71.0 Å². The van der Waals surface area contributed by atoms with Crippen LogP contribution in [0.1, 0.15) is 62.0 Å². The predicted octanol–water partition coefficient (Wildman–Crippen LogP) is 3.37. The lowest BCUT2D eigenvalue weighted by atomic mass is 10.1. The summed E-state index contributed by atoms with van der Waals surface area (Å²) in [5, 5.41) is 3.03. The Morgan fingerprint density at radius 3 is 2.56 bits per heavy atom. The summed E-state index contributed by atoms with van der Waals surface area (Å²) < 4.78 is 0. The van der Waals surface area contributed by atoms with Gasteiger partial charge in [-0.2, -0.15) is 0 Å². The summed E-state index contributed by atoms with van der Waals surface area (Å²) in [6.07, 6.45) is 10.1. The van der Waals surface area contributed by atoms with Crippen molar-refractivity contribution in [1.29, 1.82) is 0 Å². The quantitative estimate of drug-likeness (QED) is 0.877. The Labute approximate surface area is 161 Å². The zero-order valence-electron chi connectivity index (χ0n) is 16.3. The van der Waals surface area contributed by atoms with Crippen molar-refractivity contribution in [3.8, 4) is 0 Å². The van der Waals surface area contributed by atoms with Crippen LogP contribution in [-0.4, -0.2) is 33.9 Å². The first-order valence-corrected chi connectivity index (χ1v) is 9.91. The van der Waals surface area contributed by atoms with Gasteiger partial charge in [-0.05, 0) is 38.8 Å². The molecule has 0 aliphatic carbocycles. The average Bonchev–Trinajstić information content (AvgIpc) is 2.62. The van der Waals surface area contributed by atoms with E-state index in [9.17, 15) is 4.79 Å². The summed E-state index contributed by atoms with van der Waals surface area (Å²) >= 11 is 0. The van der Waals surface area contributed by atoms with E-state index >= 15 is 0 Å². The fourth-order valence-corrected chi connectivity index (χ4v) is 3.53. The van der Waals surface area contributed by atoms with Crippen molar-refractivity contribution < 1.29 is 4.79 Å². The lowest BCUT2D eigenvalue weighted by molar-refractivity contribution is -0.121. The van der Waals surface area contributed by atoms with E-state index in [1.165, 1.54) is 32.1 Å². The Balaban J connectivity index is 1.63. The van der Waals surface area contributed by atoms with Gasteiger partial charge in [0.25, 0.3) is 0 Å². The lowest BCUT2D eigenvalue weighted by Crippen LogP contribution is -2.31. The molecule has 0 unspecified atom stereocenters. The van der Waals surface area contributed by atoms with E-state index in [4.69, 9.17) is 4.98 Å². The highest BCUT2D eigenvalue weighted by Crippen LogP contribution is 2.20. The second kappa shape index (κ2) is 9.44. The van der Waals surface area contributed by atoms with Crippen LogP contribution in [0.15, 0.2) is 30.6 Å². The van der Waals surface area contributed by atoms with Gasteiger partial charge in [0.15, 0.2) is 0 Å². The molecule has 1 N–H and O–H groups in total. The Morgan fingerprint density at radius 2 is 1.89 bits per heavy atom. The Hall–Kier alpha value is -2.50. The minimum Gasteiger partial charge on any atom is -0.349 e. The number of carbonyl (C=O) groups is 1. The van der Waals surface area contributed by atoms with E-state index < -0.39 is 0 Å². The van der Waals surface area contributed by atoms with Crippen molar-refractivity contribution >= 4 is 11.9 Å². The largest absolute Gasteiger partial charge is 0.349 e. The molecule has 2 aromatic rings. The van der Waals surface area contributed by atoms with Crippen LogP contribution in [0.3, 0.4) is 0 Å². The maximum Gasteiger partial charge on any atom is 0.226 e. The minimum atomic E-state index is -0.136. The second-order valence-electron chi connectivity index (χ2n) is 7.25. The van der Waals surface area contributed by atoms with Crippen molar-refractivity contribution in [3.63, 3.8) is 0 Å². The number of hydrogen-bond acceptors (Lipinski definition) is 5. The summed E-state index contributed by atoms with van der Waals surface area (Å²) in [5.41, 5.74) is 2.65. The molecule has 0 aromatic carbocycles. The number of anilines is 1. The van der Waals surface area contributed by atoms with Gasteiger partial charge in [-0.3, -0.25) is 9.78 Å². The first-order chi connectivity index (χ1) is 13.1. The average molecular weight is 367 g/mol. The smallest absolute Gasteiger partial charge is 0.226 e. The Bertz CT molecular complexity index is 741. The van der Waals surface area contributed by atoms with Crippen molar-refractivity contribution in [1.82, 2.24) is 20.3 Å². The zero-order chi connectivity index (χ0) is 19.1. The third kappa shape index (κ3) is 5.49. The van der Waals surface area contributed by atoms with Gasteiger partial charge in [0.1, 0.15) is 0 Å². The van der Waals surface area contributed by atoms with E-state index in [1.54, 1.807) is 6.20 Å². The standard InChI is InChI=1S/C21H29N5O/c1-16(24-20(27)14-18-10-6-7-11-22-18)19-15-23-21(25-17(19)2)26-12-8-4-3-5-9-13-26/h6-7,10-11,15-16H,3-5,8-9,12-14H2,1-2H3,(H,24,27)/t16-/m1/s1. The summed E-state index contributed by atoms with van der Waals surface area (Å²) in [6.45, 7) is 6.01. The predicted molar refractivity (Wildman–Crippen MR) is 107 cm³/mol. The van der Waals surface area contributed by atoms with Crippen molar-refractivity contribution in [2.24, 2.45) is 0 Å². The molecule has 1 amide bonds. The fraction of sp³-hybridized carbons (Fsp3) is 0.524. The third-order valence-corrected chi connectivity index (χ3v) is 5.06. The van der Waals surface area contributed by atoms with Crippen LogP contribution >= 0.6 is 0 Å². The number of rotatable bonds is 5. The van der Waals surface area contributed by atoms with Crippen LogP contribution in [0.2, 0.25) is 0 Å². The van der Waals surface area contributed by atoms with Gasteiger partial charge in [-0.1, -0.05) is 25.3 Å². The Morgan fingerprint density at radius 1 is 1.15 bits per heavy atom. The monoisotopic (exact) mass is 367 g/mol. The molecular weight excluding hydrogens is 338 g/mol. The van der Waals surface area contributed by atoms with E-state index in [-0.39, 0.29) is 18.4 Å². The van der Waals surface area contributed by atoms with Crippen LogP contribution in [0.5, 0.6) is 0 Å². The minimum absolute atomic E-state index is 0.0477. The number of nitrogens with one attached hydrogen (secondary N) is 1. The molecule has 27 heavy (non-hydrogen) atoms.